The molecular weight excluding hydrogens is 526 g/mol. The van der Waals surface area contributed by atoms with Gasteiger partial charge in [0.1, 0.15) is 23.9 Å². The number of carboxylic acid groups (broad SMARTS) is 1. The second kappa shape index (κ2) is 16.5. The highest BCUT2D eigenvalue weighted by atomic mass is 16.8. The van der Waals surface area contributed by atoms with Crippen molar-refractivity contribution >= 4 is 24.4 Å². The molecule has 12 heteroatoms. The van der Waals surface area contributed by atoms with Gasteiger partial charge in [0, 0.05) is 12.8 Å². The summed E-state index contributed by atoms with van der Waals surface area (Å²) in [4.78, 5) is 48.7. The molecule has 0 spiro atoms. The molecule has 1 rings (SSSR count). The van der Waals surface area contributed by atoms with Crippen molar-refractivity contribution in [2.24, 2.45) is 11.7 Å². The van der Waals surface area contributed by atoms with Crippen LogP contribution in [0.4, 0.5) is 14.4 Å². The Morgan fingerprint density at radius 2 is 1.32 bits per heavy atom. The van der Waals surface area contributed by atoms with Gasteiger partial charge in [-0.25, -0.2) is 14.4 Å². The van der Waals surface area contributed by atoms with Gasteiger partial charge in [-0.3, -0.25) is 4.79 Å². The smallest absolute Gasteiger partial charge is 0.480 e. The summed E-state index contributed by atoms with van der Waals surface area (Å²) in [5.41, 5.74) is 4.71. The lowest BCUT2D eigenvalue weighted by atomic mass is 9.86. The van der Waals surface area contributed by atoms with E-state index >= 15 is 0 Å². The van der Waals surface area contributed by atoms with Gasteiger partial charge in [-0.05, 0) is 57.2 Å². The molecule has 0 fully saturated rings. The Morgan fingerprint density at radius 1 is 0.800 bits per heavy atom. The first-order valence-corrected chi connectivity index (χ1v) is 13.5. The summed E-state index contributed by atoms with van der Waals surface area (Å²) in [5, 5.41) is 9.92. The number of hydrogen-bond acceptors (Lipinski definition) is 11. The largest absolute Gasteiger partial charge is 0.514 e. The van der Waals surface area contributed by atoms with Gasteiger partial charge in [0.15, 0.2) is 11.5 Å². The van der Waals surface area contributed by atoms with Gasteiger partial charge in [-0.15, -0.1) is 0 Å². The summed E-state index contributed by atoms with van der Waals surface area (Å²) in [5.74, 6) is -1.53. The summed E-state index contributed by atoms with van der Waals surface area (Å²) in [6.07, 6.45) is -3.26. The van der Waals surface area contributed by atoms with Crippen molar-refractivity contribution < 1.29 is 52.7 Å². The second-order valence-electron chi connectivity index (χ2n) is 10.0. The number of carbonyl (C=O) groups excluding carboxylic acids is 3. The van der Waals surface area contributed by atoms with Gasteiger partial charge < -0.3 is 39.3 Å². The number of ether oxygens (including phenoxy) is 6. The Kier molecular flexibility index (Phi) is 14.3. The molecule has 226 valence electrons. The summed E-state index contributed by atoms with van der Waals surface area (Å²) in [6, 6.07) is 4.11. The highest BCUT2D eigenvalue weighted by Gasteiger charge is 2.37. The molecule has 4 unspecified atom stereocenters. The molecule has 0 radical (unpaired) electrons. The minimum atomic E-state index is -1.87. The van der Waals surface area contributed by atoms with Crippen LogP contribution < -0.4 is 15.2 Å². The topological polar surface area (TPSA) is 170 Å². The van der Waals surface area contributed by atoms with E-state index in [2.05, 4.69) is 0 Å². The molecule has 0 aromatic heterocycles. The third-order valence-electron chi connectivity index (χ3n) is 6.22. The third-order valence-corrected chi connectivity index (χ3v) is 6.22. The minimum absolute atomic E-state index is 0.142. The van der Waals surface area contributed by atoms with Gasteiger partial charge in [0.2, 0.25) is 0 Å². The van der Waals surface area contributed by atoms with E-state index in [1.54, 1.807) is 13.8 Å². The Bertz CT molecular complexity index is 998. The lowest BCUT2D eigenvalue weighted by Gasteiger charge is -2.28. The third kappa shape index (κ3) is 12.1. The van der Waals surface area contributed by atoms with E-state index in [4.69, 9.17) is 34.2 Å². The van der Waals surface area contributed by atoms with Crippen LogP contribution in [0.2, 0.25) is 0 Å². The Morgan fingerprint density at radius 3 is 1.82 bits per heavy atom. The second-order valence-corrected chi connectivity index (χ2v) is 10.0. The zero-order valence-electron chi connectivity index (χ0n) is 24.4. The molecule has 1 aromatic rings. The number of carbonyl (C=O) groups is 4. The van der Waals surface area contributed by atoms with Crippen LogP contribution in [-0.4, -0.2) is 60.0 Å². The first-order chi connectivity index (χ1) is 18.7. The molecule has 40 heavy (non-hydrogen) atoms. The van der Waals surface area contributed by atoms with Crippen LogP contribution in [0.25, 0.3) is 0 Å². The predicted octanol–water partition coefficient (Wildman–Crippen LogP) is 5.62. The van der Waals surface area contributed by atoms with Crippen LogP contribution in [0.5, 0.6) is 11.5 Å². The molecule has 12 nitrogen and oxygen atoms in total. The van der Waals surface area contributed by atoms with E-state index < -0.39 is 48.3 Å². The molecule has 0 saturated carbocycles. The minimum Gasteiger partial charge on any atom is -0.480 e. The standard InChI is InChI=1S/C28H43NO11/c1-8-17(4)16-35-25(32)38-20(7)14-28(29,24(30)31)15-21-11-12-22(39-26(33)36-18(5)9-2)23(13-21)40-27(34)37-19(6)10-3/h11-13,17-20H,8-10,14-16,29H2,1-7H3,(H,30,31)/t17?,18?,19?,20-,28?/m0/s1. The number of hydrogen-bond donors (Lipinski definition) is 2. The lowest BCUT2D eigenvalue weighted by Crippen LogP contribution is -2.52. The lowest BCUT2D eigenvalue weighted by molar-refractivity contribution is -0.144. The molecule has 0 aliphatic carbocycles. The van der Waals surface area contributed by atoms with Gasteiger partial charge in [0.05, 0.1) is 6.61 Å². The summed E-state index contributed by atoms with van der Waals surface area (Å²) >= 11 is 0. The Balaban J connectivity index is 3.13. The zero-order chi connectivity index (χ0) is 30.5. The maximum Gasteiger partial charge on any atom is 0.514 e. The normalized spacial score (nSPS) is 15.4. The average molecular weight is 570 g/mol. The Hall–Kier alpha value is -3.54. The maximum absolute atomic E-state index is 12.3. The van der Waals surface area contributed by atoms with Crippen LogP contribution >= 0.6 is 0 Å². The fourth-order valence-electron chi connectivity index (χ4n) is 3.23. The average Bonchev–Trinajstić information content (AvgIpc) is 2.87. The van der Waals surface area contributed by atoms with E-state index in [0.29, 0.717) is 18.4 Å². The van der Waals surface area contributed by atoms with Gasteiger partial charge in [-0.1, -0.05) is 40.2 Å². The van der Waals surface area contributed by atoms with Crippen molar-refractivity contribution in [1.82, 2.24) is 0 Å². The fraction of sp³-hybridized carbons (Fsp3) is 0.643. The number of aliphatic carboxylic acids is 1. The van der Waals surface area contributed by atoms with Crippen LogP contribution in [0.15, 0.2) is 18.2 Å². The fourth-order valence-corrected chi connectivity index (χ4v) is 3.23. The molecule has 3 N–H and O–H groups in total. The predicted molar refractivity (Wildman–Crippen MR) is 144 cm³/mol. The molecule has 0 aliphatic rings. The number of carboxylic acids is 1. The van der Waals surface area contributed by atoms with Crippen molar-refractivity contribution in [3.63, 3.8) is 0 Å². The van der Waals surface area contributed by atoms with Crippen LogP contribution in [0, 0.1) is 5.92 Å². The SMILES string of the molecule is CCC(C)COC(=O)O[C@@H](C)CC(N)(Cc1ccc(OC(=O)OC(C)CC)c(OC(=O)OC(C)CC)c1)C(=O)O. The Labute approximate surface area is 235 Å². The molecular formula is C28H43NO11. The quantitative estimate of drug-likeness (QED) is 0.152. The van der Waals surface area contributed by atoms with Gasteiger partial charge >= 0.3 is 24.4 Å². The van der Waals surface area contributed by atoms with Gasteiger partial charge in [-0.2, -0.15) is 0 Å². The molecule has 0 saturated heterocycles. The maximum atomic E-state index is 12.3. The van der Waals surface area contributed by atoms with E-state index in [0.717, 1.165) is 6.42 Å². The molecule has 0 heterocycles. The summed E-state index contributed by atoms with van der Waals surface area (Å²) in [6.45, 7) is 12.6. The zero-order valence-corrected chi connectivity index (χ0v) is 24.4. The van der Waals surface area contributed by atoms with E-state index in [1.165, 1.54) is 25.1 Å². The van der Waals surface area contributed by atoms with Crippen LogP contribution in [0.1, 0.15) is 79.7 Å². The number of benzene rings is 1. The molecule has 0 amide bonds. The van der Waals surface area contributed by atoms with Crippen molar-refractivity contribution in [3.8, 4) is 11.5 Å². The molecule has 5 atom stereocenters. The molecule has 0 bridgehead atoms. The van der Waals surface area contributed by atoms with Crippen molar-refractivity contribution in [1.29, 1.82) is 0 Å². The van der Waals surface area contributed by atoms with E-state index in [1.807, 2.05) is 27.7 Å². The van der Waals surface area contributed by atoms with Gasteiger partial charge in [0.25, 0.3) is 0 Å². The monoisotopic (exact) mass is 569 g/mol. The van der Waals surface area contributed by atoms with Crippen molar-refractivity contribution in [3.05, 3.63) is 23.8 Å². The van der Waals surface area contributed by atoms with Crippen LogP contribution in [0.3, 0.4) is 0 Å². The first kappa shape index (κ1) is 34.5. The number of rotatable bonds is 15. The summed E-state index contributed by atoms with van der Waals surface area (Å²) in [7, 11) is 0. The highest BCUT2D eigenvalue weighted by molar-refractivity contribution is 5.79. The molecule has 1 aromatic carbocycles. The molecule has 0 aliphatic heterocycles. The first-order valence-electron chi connectivity index (χ1n) is 13.5. The van der Waals surface area contributed by atoms with Crippen LogP contribution in [-0.2, 0) is 30.2 Å². The van der Waals surface area contributed by atoms with Crippen molar-refractivity contribution in [2.45, 2.75) is 104 Å². The summed E-state index contributed by atoms with van der Waals surface area (Å²) < 4.78 is 31.0. The number of nitrogens with two attached hydrogens (primary N) is 1. The highest BCUT2D eigenvalue weighted by Crippen LogP contribution is 2.32. The van der Waals surface area contributed by atoms with Crippen molar-refractivity contribution in [2.75, 3.05) is 6.61 Å². The van der Waals surface area contributed by atoms with E-state index in [-0.39, 0.29) is 36.9 Å². The van der Waals surface area contributed by atoms with E-state index in [9.17, 15) is 24.3 Å².